The van der Waals surface area contributed by atoms with Gasteiger partial charge < -0.3 is 9.72 Å². The van der Waals surface area contributed by atoms with E-state index in [4.69, 9.17) is 5.26 Å². The third-order valence-corrected chi connectivity index (χ3v) is 2.65. The highest BCUT2D eigenvalue weighted by Gasteiger charge is 2.31. The third-order valence-electron chi connectivity index (χ3n) is 2.65. The highest BCUT2D eigenvalue weighted by Crippen LogP contribution is 2.27. The standard InChI is InChI=1S/C14H9F3N2O2/c15-14(16,17)21-12-3-1-2-9(7-12)11-6-10(4-5-18)13(20)19-8-11/h1-3,6-8H,4H2,(H,19,20). The van der Waals surface area contributed by atoms with Gasteiger partial charge in [-0.3, -0.25) is 4.79 Å². The Morgan fingerprint density at radius 1 is 1.24 bits per heavy atom. The molecule has 7 heteroatoms. The Morgan fingerprint density at radius 2 is 2.00 bits per heavy atom. The van der Waals surface area contributed by atoms with E-state index in [0.29, 0.717) is 11.1 Å². The molecule has 1 N–H and O–H groups in total. The molecule has 0 bridgehead atoms. The fourth-order valence-electron chi connectivity index (χ4n) is 1.79. The maximum Gasteiger partial charge on any atom is 0.573 e. The molecule has 0 atom stereocenters. The van der Waals surface area contributed by atoms with E-state index in [-0.39, 0.29) is 17.7 Å². The summed E-state index contributed by atoms with van der Waals surface area (Å²) in [4.78, 5) is 13.9. The fourth-order valence-corrected chi connectivity index (χ4v) is 1.79. The zero-order valence-electron chi connectivity index (χ0n) is 10.6. The van der Waals surface area contributed by atoms with Gasteiger partial charge in [-0.1, -0.05) is 12.1 Å². The van der Waals surface area contributed by atoms with Crippen LogP contribution in [-0.2, 0) is 6.42 Å². The van der Waals surface area contributed by atoms with Crippen molar-refractivity contribution < 1.29 is 17.9 Å². The second-order valence-electron chi connectivity index (χ2n) is 4.15. The average Bonchev–Trinajstić information content (AvgIpc) is 2.40. The topological polar surface area (TPSA) is 65.9 Å². The fraction of sp³-hybridized carbons (Fsp3) is 0.143. The summed E-state index contributed by atoms with van der Waals surface area (Å²) in [5, 5.41) is 8.63. The van der Waals surface area contributed by atoms with Crippen LogP contribution in [0.1, 0.15) is 5.56 Å². The lowest BCUT2D eigenvalue weighted by molar-refractivity contribution is -0.274. The lowest BCUT2D eigenvalue weighted by Gasteiger charge is -2.10. The zero-order valence-corrected chi connectivity index (χ0v) is 10.6. The molecular weight excluding hydrogens is 285 g/mol. The van der Waals surface area contributed by atoms with Gasteiger partial charge in [0.15, 0.2) is 0 Å². The molecule has 0 amide bonds. The van der Waals surface area contributed by atoms with E-state index in [2.05, 4.69) is 9.72 Å². The monoisotopic (exact) mass is 294 g/mol. The molecule has 0 aliphatic rings. The maximum absolute atomic E-state index is 12.2. The van der Waals surface area contributed by atoms with Crippen molar-refractivity contribution in [3.63, 3.8) is 0 Å². The predicted molar refractivity (Wildman–Crippen MR) is 68.5 cm³/mol. The minimum absolute atomic E-state index is 0.0814. The SMILES string of the molecule is N#CCc1cc(-c2cccc(OC(F)(F)F)c2)c[nH]c1=O. The summed E-state index contributed by atoms with van der Waals surface area (Å²) < 4.78 is 40.4. The number of ether oxygens (including phenoxy) is 1. The van der Waals surface area contributed by atoms with Crippen LogP contribution >= 0.6 is 0 Å². The first kappa shape index (κ1) is 14.7. The van der Waals surface area contributed by atoms with E-state index in [1.807, 2.05) is 6.07 Å². The van der Waals surface area contributed by atoms with Gasteiger partial charge in [0, 0.05) is 11.8 Å². The van der Waals surface area contributed by atoms with Crippen LogP contribution in [0, 0.1) is 11.3 Å². The summed E-state index contributed by atoms with van der Waals surface area (Å²) in [5.74, 6) is -0.354. The molecule has 0 aliphatic carbocycles. The first-order chi connectivity index (χ1) is 9.89. The van der Waals surface area contributed by atoms with E-state index in [9.17, 15) is 18.0 Å². The molecule has 0 unspecified atom stereocenters. The van der Waals surface area contributed by atoms with Crippen LogP contribution in [0.15, 0.2) is 41.3 Å². The number of H-pyrrole nitrogens is 1. The van der Waals surface area contributed by atoms with Crippen LogP contribution in [0.4, 0.5) is 13.2 Å². The summed E-state index contributed by atoms with van der Waals surface area (Å²) in [6, 6.07) is 8.69. The molecule has 21 heavy (non-hydrogen) atoms. The second-order valence-corrected chi connectivity index (χ2v) is 4.15. The van der Waals surface area contributed by atoms with Crippen molar-refractivity contribution in [1.82, 2.24) is 4.98 Å². The van der Waals surface area contributed by atoms with Gasteiger partial charge in [-0.05, 0) is 29.3 Å². The molecule has 0 fully saturated rings. The molecule has 0 aliphatic heterocycles. The molecule has 108 valence electrons. The van der Waals surface area contributed by atoms with Crippen molar-refractivity contribution in [2.45, 2.75) is 12.8 Å². The molecule has 1 aromatic carbocycles. The maximum atomic E-state index is 12.2. The molecule has 4 nitrogen and oxygen atoms in total. The number of hydrogen-bond donors (Lipinski definition) is 1. The van der Waals surface area contributed by atoms with Crippen molar-refractivity contribution in [3.8, 4) is 22.9 Å². The Morgan fingerprint density at radius 3 is 2.67 bits per heavy atom. The first-order valence-electron chi connectivity index (χ1n) is 5.84. The zero-order chi connectivity index (χ0) is 15.5. The number of halogens is 3. The number of aromatic amines is 1. The molecule has 1 aromatic heterocycles. The van der Waals surface area contributed by atoms with Crippen LogP contribution in [0.25, 0.3) is 11.1 Å². The van der Waals surface area contributed by atoms with Crippen LogP contribution in [0.5, 0.6) is 5.75 Å². The summed E-state index contributed by atoms with van der Waals surface area (Å²) in [5.41, 5.74) is 0.778. The average molecular weight is 294 g/mol. The first-order valence-corrected chi connectivity index (χ1v) is 5.84. The van der Waals surface area contributed by atoms with Gasteiger partial charge in [0.2, 0.25) is 0 Å². The van der Waals surface area contributed by atoms with E-state index in [1.165, 1.54) is 30.5 Å². The Kier molecular flexibility index (Phi) is 3.98. The minimum atomic E-state index is -4.77. The molecule has 0 spiro atoms. The number of benzene rings is 1. The van der Waals surface area contributed by atoms with Gasteiger partial charge in [0.05, 0.1) is 12.5 Å². The van der Waals surface area contributed by atoms with Crippen molar-refractivity contribution in [2.75, 3.05) is 0 Å². The summed E-state index contributed by atoms with van der Waals surface area (Å²) in [7, 11) is 0. The van der Waals surface area contributed by atoms with Crippen molar-refractivity contribution in [2.24, 2.45) is 0 Å². The highest BCUT2D eigenvalue weighted by molar-refractivity contribution is 5.64. The molecule has 0 radical (unpaired) electrons. The summed E-state index contributed by atoms with van der Waals surface area (Å²) >= 11 is 0. The summed E-state index contributed by atoms with van der Waals surface area (Å²) in [6.45, 7) is 0. The predicted octanol–water partition coefficient (Wildman–Crippen LogP) is 3.01. The Hall–Kier alpha value is -2.75. The van der Waals surface area contributed by atoms with E-state index in [1.54, 1.807) is 6.07 Å². The third kappa shape index (κ3) is 3.86. The van der Waals surface area contributed by atoms with Crippen molar-refractivity contribution in [3.05, 3.63) is 52.4 Å². The number of pyridine rings is 1. The van der Waals surface area contributed by atoms with Crippen molar-refractivity contribution >= 4 is 0 Å². The lowest BCUT2D eigenvalue weighted by Crippen LogP contribution is -2.17. The molecular formula is C14H9F3N2O2. The van der Waals surface area contributed by atoms with Crippen LogP contribution in [0.2, 0.25) is 0 Å². The number of nitriles is 1. The van der Waals surface area contributed by atoms with Gasteiger partial charge in [0.25, 0.3) is 5.56 Å². The van der Waals surface area contributed by atoms with Crippen molar-refractivity contribution in [1.29, 1.82) is 5.26 Å². The number of nitrogens with zero attached hydrogens (tertiary/aromatic N) is 1. The minimum Gasteiger partial charge on any atom is -0.406 e. The van der Waals surface area contributed by atoms with Gasteiger partial charge in [-0.2, -0.15) is 5.26 Å². The van der Waals surface area contributed by atoms with Gasteiger partial charge in [-0.25, -0.2) is 0 Å². The quantitative estimate of drug-likeness (QED) is 0.946. The molecule has 1 heterocycles. The van der Waals surface area contributed by atoms with Crippen LogP contribution in [-0.4, -0.2) is 11.3 Å². The number of rotatable bonds is 3. The Labute approximate surface area is 117 Å². The number of aromatic nitrogens is 1. The number of alkyl halides is 3. The smallest absolute Gasteiger partial charge is 0.406 e. The molecule has 0 saturated heterocycles. The highest BCUT2D eigenvalue weighted by atomic mass is 19.4. The summed E-state index contributed by atoms with van der Waals surface area (Å²) in [6.07, 6.45) is -3.48. The van der Waals surface area contributed by atoms with Crippen LogP contribution in [0.3, 0.4) is 0 Å². The normalized spacial score (nSPS) is 11.0. The molecule has 0 saturated carbocycles. The Bertz CT molecular complexity index is 745. The van der Waals surface area contributed by atoms with Gasteiger partial charge >= 0.3 is 6.36 Å². The number of hydrogen-bond acceptors (Lipinski definition) is 3. The molecule has 2 aromatic rings. The van der Waals surface area contributed by atoms with E-state index in [0.717, 1.165) is 0 Å². The lowest BCUT2D eigenvalue weighted by atomic mass is 10.0. The number of nitrogens with one attached hydrogen (secondary N) is 1. The van der Waals surface area contributed by atoms with Crippen LogP contribution < -0.4 is 10.3 Å². The largest absolute Gasteiger partial charge is 0.573 e. The Balaban J connectivity index is 2.39. The van der Waals surface area contributed by atoms with Gasteiger partial charge in [-0.15, -0.1) is 13.2 Å². The van der Waals surface area contributed by atoms with E-state index >= 15 is 0 Å². The molecule has 2 rings (SSSR count). The van der Waals surface area contributed by atoms with E-state index < -0.39 is 11.9 Å². The second kappa shape index (κ2) is 5.71. The van der Waals surface area contributed by atoms with Gasteiger partial charge in [0.1, 0.15) is 5.75 Å².